The first kappa shape index (κ1) is 26.4. The van der Waals surface area contributed by atoms with Crippen LogP contribution in [0.3, 0.4) is 0 Å². The highest BCUT2D eigenvalue weighted by Crippen LogP contribution is 2.41. The first-order valence-corrected chi connectivity index (χ1v) is 12.4. The van der Waals surface area contributed by atoms with Gasteiger partial charge in [0.15, 0.2) is 0 Å². The summed E-state index contributed by atoms with van der Waals surface area (Å²) in [6.07, 6.45) is 7.28. The van der Waals surface area contributed by atoms with Gasteiger partial charge in [0.05, 0.1) is 0 Å². The number of alkyl halides is 1. The Kier molecular flexibility index (Phi) is 9.08. The SMILES string of the molecule is CCN(CC)c1cccc(C(C=CC2=CC(=C(C#N)C#N)CC(C)(C)C2)(CCBr)C(=O)O)c1. The van der Waals surface area contributed by atoms with E-state index in [4.69, 9.17) is 0 Å². The molecule has 1 atom stereocenters. The van der Waals surface area contributed by atoms with E-state index in [1.807, 2.05) is 48.6 Å². The van der Waals surface area contributed by atoms with Crippen LogP contribution in [0.1, 0.15) is 52.5 Å². The molecule has 33 heavy (non-hydrogen) atoms. The highest BCUT2D eigenvalue weighted by atomic mass is 79.9. The van der Waals surface area contributed by atoms with Gasteiger partial charge in [-0.05, 0) is 67.4 Å². The van der Waals surface area contributed by atoms with Crippen LogP contribution in [0.5, 0.6) is 0 Å². The second-order valence-electron chi connectivity index (χ2n) is 9.13. The van der Waals surface area contributed by atoms with E-state index in [-0.39, 0.29) is 11.0 Å². The molecule has 5 nitrogen and oxygen atoms in total. The number of carboxylic acid groups (broad SMARTS) is 1. The van der Waals surface area contributed by atoms with Crippen LogP contribution in [-0.4, -0.2) is 29.5 Å². The first-order valence-electron chi connectivity index (χ1n) is 11.2. The van der Waals surface area contributed by atoms with Gasteiger partial charge in [-0.15, -0.1) is 0 Å². The van der Waals surface area contributed by atoms with Crippen molar-refractivity contribution in [2.45, 2.75) is 52.4 Å². The maximum absolute atomic E-state index is 12.7. The molecule has 0 heterocycles. The number of allylic oxidation sites excluding steroid dienone is 5. The molecule has 0 fully saturated rings. The fourth-order valence-corrected chi connectivity index (χ4v) is 5.11. The Morgan fingerprint density at radius 1 is 1.24 bits per heavy atom. The standard InChI is InChI=1S/C27H32BrN3O2/c1-5-31(6-2)24-9-7-8-23(15-24)27(12-13-28,25(32)33)11-10-20-14-21(22(18-29)19-30)17-26(3,4)16-20/h7-11,14-15H,5-6,12-13,16-17H2,1-4H3,(H,32,33). The first-order chi connectivity index (χ1) is 15.7. The van der Waals surface area contributed by atoms with Crippen LogP contribution in [0.25, 0.3) is 0 Å². The van der Waals surface area contributed by atoms with Gasteiger partial charge in [-0.25, -0.2) is 0 Å². The fraction of sp³-hybridized carbons (Fsp3) is 0.444. The molecule has 0 aromatic heterocycles. The quantitative estimate of drug-likeness (QED) is 0.312. The number of rotatable bonds is 9. The molecule has 1 unspecified atom stereocenters. The van der Waals surface area contributed by atoms with Gasteiger partial charge in [0, 0.05) is 24.1 Å². The van der Waals surface area contributed by atoms with E-state index in [9.17, 15) is 20.4 Å². The lowest BCUT2D eigenvalue weighted by molar-refractivity contribution is -0.142. The zero-order chi connectivity index (χ0) is 24.6. The van der Waals surface area contributed by atoms with Crippen molar-refractivity contribution in [3.63, 3.8) is 0 Å². The molecule has 2 rings (SSSR count). The number of nitrogens with zero attached hydrogens (tertiary/aromatic N) is 3. The van der Waals surface area contributed by atoms with Gasteiger partial charge in [0.1, 0.15) is 23.1 Å². The molecule has 1 N–H and O–H groups in total. The highest BCUT2D eigenvalue weighted by molar-refractivity contribution is 9.09. The predicted octanol–water partition coefficient (Wildman–Crippen LogP) is 6.29. The summed E-state index contributed by atoms with van der Waals surface area (Å²) in [7, 11) is 0. The zero-order valence-electron chi connectivity index (χ0n) is 19.9. The number of nitriles is 2. The molecule has 1 aromatic rings. The number of benzene rings is 1. The number of halogens is 1. The van der Waals surface area contributed by atoms with Gasteiger partial charge in [0.2, 0.25) is 0 Å². The number of hydrogen-bond acceptors (Lipinski definition) is 4. The fourth-order valence-electron chi connectivity index (χ4n) is 4.49. The molecule has 0 amide bonds. The van der Waals surface area contributed by atoms with Crippen LogP contribution < -0.4 is 4.90 Å². The third kappa shape index (κ3) is 6.15. The summed E-state index contributed by atoms with van der Waals surface area (Å²) in [5.41, 5.74) is 2.15. The molecular weight excluding hydrogens is 478 g/mol. The van der Waals surface area contributed by atoms with Gasteiger partial charge < -0.3 is 10.0 Å². The summed E-state index contributed by atoms with van der Waals surface area (Å²) in [4.78, 5) is 14.9. The maximum Gasteiger partial charge on any atom is 0.318 e. The molecule has 174 valence electrons. The van der Waals surface area contributed by atoms with E-state index in [1.54, 1.807) is 6.08 Å². The van der Waals surface area contributed by atoms with Crippen molar-refractivity contribution in [3.05, 3.63) is 64.8 Å². The predicted molar refractivity (Wildman–Crippen MR) is 136 cm³/mol. The van der Waals surface area contributed by atoms with Crippen LogP contribution in [0.2, 0.25) is 0 Å². The maximum atomic E-state index is 12.7. The number of carboxylic acids is 1. The Bertz CT molecular complexity index is 1040. The third-order valence-electron chi connectivity index (χ3n) is 6.20. The van der Waals surface area contributed by atoms with Gasteiger partial charge >= 0.3 is 5.97 Å². The number of hydrogen-bond donors (Lipinski definition) is 1. The molecule has 0 bridgehead atoms. The summed E-state index contributed by atoms with van der Waals surface area (Å²) in [5.74, 6) is -0.906. The summed E-state index contributed by atoms with van der Waals surface area (Å²) in [6.45, 7) is 10.0. The van der Waals surface area contributed by atoms with Crippen LogP contribution in [-0.2, 0) is 10.2 Å². The van der Waals surface area contributed by atoms with Crippen LogP contribution in [0, 0.1) is 28.1 Å². The van der Waals surface area contributed by atoms with E-state index in [2.05, 4.69) is 48.5 Å². The van der Waals surface area contributed by atoms with Crippen molar-refractivity contribution in [1.82, 2.24) is 0 Å². The second-order valence-corrected chi connectivity index (χ2v) is 9.93. The highest BCUT2D eigenvalue weighted by Gasteiger charge is 2.38. The minimum Gasteiger partial charge on any atom is -0.480 e. The van der Waals surface area contributed by atoms with Crippen molar-refractivity contribution >= 4 is 27.6 Å². The van der Waals surface area contributed by atoms with Gasteiger partial charge in [-0.1, -0.05) is 60.1 Å². The number of aliphatic carboxylic acids is 1. The van der Waals surface area contributed by atoms with Crippen molar-refractivity contribution < 1.29 is 9.90 Å². The third-order valence-corrected chi connectivity index (χ3v) is 6.59. The smallest absolute Gasteiger partial charge is 0.318 e. The van der Waals surface area contributed by atoms with Crippen LogP contribution >= 0.6 is 15.9 Å². The molecule has 1 aromatic carbocycles. The summed E-state index contributed by atoms with van der Waals surface area (Å²) in [6, 6.07) is 11.8. The van der Waals surface area contributed by atoms with E-state index in [0.29, 0.717) is 23.7 Å². The van der Waals surface area contributed by atoms with E-state index < -0.39 is 11.4 Å². The zero-order valence-corrected chi connectivity index (χ0v) is 21.4. The molecule has 1 aliphatic carbocycles. The van der Waals surface area contributed by atoms with Crippen molar-refractivity contribution in [2.24, 2.45) is 5.41 Å². The molecule has 1 aliphatic rings. The summed E-state index contributed by atoms with van der Waals surface area (Å²) in [5, 5.41) is 29.6. The van der Waals surface area contributed by atoms with E-state index >= 15 is 0 Å². The molecule has 0 aliphatic heterocycles. The topological polar surface area (TPSA) is 88.1 Å². The Morgan fingerprint density at radius 3 is 2.45 bits per heavy atom. The largest absolute Gasteiger partial charge is 0.480 e. The second kappa shape index (κ2) is 11.3. The average molecular weight is 510 g/mol. The minimum absolute atomic E-state index is 0.116. The molecule has 0 spiro atoms. The molecule has 0 radical (unpaired) electrons. The van der Waals surface area contributed by atoms with Crippen molar-refractivity contribution in [1.29, 1.82) is 10.5 Å². The Balaban J connectivity index is 2.62. The molecule has 0 saturated carbocycles. The average Bonchev–Trinajstić information content (AvgIpc) is 2.77. The molecular formula is C27H32BrN3O2. The lowest BCUT2D eigenvalue weighted by Crippen LogP contribution is -2.35. The van der Waals surface area contributed by atoms with Gasteiger partial charge in [0.25, 0.3) is 0 Å². The lowest BCUT2D eigenvalue weighted by atomic mass is 9.72. The van der Waals surface area contributed by atoms with Crippen molar-refractivity contribution in [2.75, 3.05) is 23.3 Å². The van der Waals surface area contributed by atoms with Crippen molar-refractivity contribution in [3.8, 4) is 12.1 Å². The summed E-state index contributed by atoms with van der Waals surface area (Å²) < 4.78 is 0. The Hall–Kier alpha value is -2.83. The minimum atomic E-state index is -1.20. The number of anilines is 1. The Morgan fingerprint density at radius 2 is 1.91 bits per heavy atom. The van der Waals surface area contributed by atoms with Gasteiger partial charge in [-0.3, -0.25) is 4.79 Å². The van der Waals surface area contributed by atoms with Gasteiger partial charge in [-0.2, -0.15) is 10.5 Å². The number of carbonyl (C=O) groups is 1. The van der Waals surface area contributed by atoms with Crippen LogP contribution in [0.4, 0.5) is 5.69 Å². The molecule has 6 heteroatoms. The van der Waals surface area contributed by atoms with Crippen LogP contribution in [0.15, 0.2) is 59.2 Å². The molecule has 0 saturated heterocycles. The lowest BCUT2D eigenvalue weighted by Gasteiger charge is -2.32. The van der Waals surface area contributed by atoms with E-state index in [0.717, 1.165) is 36.3 Å². The van der Waals surface area contributed by atoms with E-state index in [1.165, 1.54) is 0 Å². The monoisotopic (exact) mass is 509 g/mol. The summed E-state index contributed by atoms with van der Waals surface area (Å²) >= 11 is 3.46. The Labute approximate surface area is 205 Å². The normalized spacial score (nSPS) is 16.9.